The van der Waals surface area contributed by atoms with Crippen LogP contribution in [0.25, 0.3) is 11.4 Å². The number of nitrogens with zero attached hydrogens (tertiary/aromatic N) is 3. The molecule has 2 atom stereocenters. The van der Waals surface area contributed by atoms with Crippen molar-refractivity contribution in [3.63, 3.8) is 0 Å². The van der Waals surface area contributed by atoms with Gasteiger partial charge in [-0.05, 0) is 19.1 Å². The van der Waals surface area contributed by atoms with Crippen molar-refractivity contribution in [1.82, 2.24) is 9.55 Å². The Morgan fingerprint density at radius 3 is 2.77 bits per heavy atom. The highest BCUT2D eigenvalue weighted by atomic mass is 19.4. The summed E-state index contributed by atoms with van der Waals surface area (Å²) in [5, 5.41) is 2.88. The Hall–Kier alpha value is -3.51. The van der Waals surface area contributed by atoms with E-state index >= 15 is 4.39 Å². The number of benzene rings is 1. The zero-order valence-electron chi connectivity index (χ0n) is 16.1. The summed E-state index contributed by atoms with van der Waals surface area (Å²) >= 11 is 0. The molecule has 1 saturated heterocycles. The van der Waals surface area contributed by atoms with Gasteiger partial charge in [0.1, 0.15) is 30.8 Å². The van der Waals surface area contributed by atoms with Crippen molar-refractivity contribution in [2.24, 2.45) is 5.73 Å². The van der Waals surface area contributed by atoms with Gasteiger partial charge in [0.05, 0.1) is 12.1 Å². The first-order chi connectivity index (χ1) is 14.6. The number of halogens is 4. The van der Waals surface area contributed by atoms with Crippen molar-refractivity contribution in [2.45, 2.75) is 31.7 Å². The van der Waals surface area contributed by atoms with Crippen molar-refractivity contribution in [3.8, 4) is 17.1 Å². The molecule has 1 fully saturated rings. The van der Waals surface area contributed by atoms with Gasteiger partial charge < -0.3 is 20.5 Å². The normalized spacial score (nSPS) is 19.1. The average molecular weight is 443 g/mol. The molecule has 166 valence electrons. The van der Waals surface area contributed by atoms with Crippen molar-refractivity contribution in [1.29, 1.82) is 0 Å². The number of anilines is 2. The van der Waals surface area contributed by atoms with Gasteiger partial charge in [0.2, 0.25) is 11.9 Å². The molecule has 0 spiro atoms. The molecule has 2 aliphatic rings. The number of hydrogen-bond acceptors (Lipinski definition) is 6. The lowest BCUT2D eigenvalue weighted by Crippen LogP contribution is -2.45. The Morgan fingerprint density at radius 1 is 1.35 bits per heavy atom. The third kappa shape index (κ3) is 3.59. The summed E-state index contributed by atoms with van der Waals surface area (Å²) in [6.07, 6.45) is -6.15. The van der Waals surface area contributed by atoms with Gasteiger partial charge in [-0.2, -0.15) is 17.6 Å². The Morgan fingerprint density at radius 2 is 2.10 bits per heavy atom. The predicted molar refractivity (Wildman–Crippen MR) is 99.1 cm³/mol. The molecule has 3 N–H and O–H groups in total. The van der Waals surface area contributed by atoms with Gasteiger partial charge in [-0.25, -0.2) is 14.7 Å². The van der Waals surface area contributed by atoms with E-state index in [1.54, 1.807) is 19.1 Å². The number of rotatable bonds is 4. The highest BCUT2D eigenvalue weighted by Gasteiger charge is 2.53. The van der Waals surface area contributed by atoms with Crippen LogP contribution in [0.5, 0.6) is 5.75 Å². The summed E-state index contributed by atoms with van der Waals surface area (Å²) in [6, 6.07) is 1.61. The van der Waals surface area contributed by atoms with E-state index < -0.39 is 48.6 Å². The Bertz CT molecular complexity index is 1050. The number of carbonyl (C=O) groups is 2. The van der Waals surface area contributed by atoms with Crippen LogP contribution in [0.2, 0.25) is 0 Å². The number of primary amides is 1. The standard InChI is InChI=1S/C18H17F4N5O4/c1-8(14(23)28)24-9-2-3-10-11(6-9)30-5-4-26-13(19)16(25-15(10)26)27-12(18(20,21)22)7-31-17(27)29/h2-3,6,8,12,24H,4-5,7H2,1H3,(H2,23,28)/t8-,12-/m0/s1. The minimum atomic E-state index is -4.82. The Balaban J connectivity index is 1.75. The second kappa shape index (κ2) is 7.32. The van der Waals surface area contributed by atoms with Crippen LogP contribution in [0, 0.1) is 5.95 Å². The molecule has 4 rings (SSSR count). The number of alkyl halides is 3. The molecule has 2 aromatic rings. The summed E-state index contributed by atoms with van der Waals surface area (Å²) in [7, 11) is 0. The summed E-state index contributed by atoms with van der Waals surface area (Å²) in [5.41, 5.74) is 6.03. The number of carbonyl (C=O) groups excluding carboxylic acids is 2. The van der Waals surface area contributed by atoms with Gasteiger partial charge in [-0.15, -0.1) is 0 Å². The highest BCUT2D eigenvalue weighted by molar-refractivity contribution is 5.90. The van der Waals surface area contributed by atoms with Gasteiger partial charge >= 0.3 is 12.3 Å². The lowest BCUT2D eigenvalue weighted by atomic mass is 10.1. The molecule has 31 heavy (non-hydrogen) atoms. The quantitative estimate of drug-likeness (QED) is 0.702. The van der Waals surface area contributed by atoms with E-state index in [0.29, 0.717) is 11.3 Å². The third-order valence-corrected chi connectivity index (χ3v) is 4.97. The van der Waals surface area contributed by atoms with Crippen LogP contribution in [-0.2, 0) is 16.1 Å². The molecule has 1 aromatic heterocycles. The topological polar surface area (TPSA) is 112 Å². The largest absolute Gasteiger partial charge is 0.491 e. The number of aromatic nitrogens is 2. The summed E-state index contributed by atoms with van der Waals surface area (Å²) in [5.74, 6) is -2.18. The maximum absolute atomic E-state index is 15.1. The highest BCUT2D eigenvalue weighted by Crippen LogP contribution is 2.39. The minimum absolute atomic E-state index is 0.00451. The SMILES string of the molecule is C[C@H](Nc1ccc2c(c1)OCCn1c-2nc(N2C(=O)OC[C@H]2C(F)(F)F)c1F)C(N)=O. The van der Waals surface area contributed by atoms with Gasteiger partial charge in [0.15, 0.2) is 11.9 Å². The Labute approximate surface area is 172 Å². The van der Waals surface area contributed by atoms with Crippen molar-refractivity contribution in [3.05, 3.63) is 24.1 Å². The number of nitrogens with one attached hydrogen (secondary N) is 1. The van der Waals surface area contributed by atoms with Gasteiger partial charge in [0, 0.05) is 11.8 Å². The first-order valence-corrected chi connectivity index (χ1v) is 9.19. The maximum Gasteiger partial charge on any atom is 0.416 e. The molecule has 1 aromatic carbocycles. The zero-order chi connectivity index (χ0) is 22.5. The molecular weight excluding hydrogens is 426 g/mol. The monoisotopic (exact) mass is 443 g/mol. The van der Waals surface area contributed by atoms with Gasteiger partial charge in [0.25, 0.3) is 0 Å². The molecule has 0 saturated carbocycles. The Kier molecular flexibility index (Phi) is 4.90. The summed E-state index contributed by atoms with van der Waals surface area (Å²) in [6.45, 7) is 0.559. The first kappa shape index (κ1) is 20.8. The molecule has 0 aliphatic carbocycles. The van der Waals surface area contributed by atoms with Crippen LogP contribution in [0.15, 0.2) is 18.2 Å². The first-order valence-electron chi connectivity index (χ1n) is 9.19. The average Bonchev–Trinajstić information content (AvgIpc) is 3.16. The molecule has 9 nitrogen and oxygen atoms in total. The van der Waals surface area contributed by atoms with E-state index in [0.717, 1.165) is 4.57 Å². The molecule has 2 amide bonds. The van der Waals surface area contributed by atoms with Gasteiger partial charge in [-0.1, -0.05) is 0 Å². The fraction of sp³-hybridized carbons (Fsp3) is 0.389. The molecule has 0 bridgehead atoms. The van der Waals surface area contributed by atoms with E-state index in [2.05, 4.69) is 15.0 Å². The van der Waals surface area contributed by atoms with Crippen LogP contribution in [0.3, 0.4) is 0 Å². The fourth-order valence-corrected chi connectivity index (χ4v) is 3.36. The van der Waals surface area contributed by atoms with Gasteiger partial charge in [-0.3, -0.25) is 9.36 Å². The zero-order valence-corrected chi connectivity index (χ0v) is 16.1. The molecule has 3 heterocycles. The van der Waals surface area contributed by atoms with E-state index in [1.807, 2.05) is 0 Å². The van der Waals surface area contributed by atoms with Crippen LogP contribution in [0.4, 0.5) is 33.9 Å². The minimum Gasteiger partial charge on any atom is -0.491 e. The van der Waals surface area contributed by atoms with Crippen molar-refractivity contribution < 1.29 is 36.6 Å². The molecule has 0 unspecified atom stereocenters. The van der Waals surface area contributed by atoms with E-state index in [4.69, 9.17) is 10.5 Å². The van der Waals surface area contributed by atoms with Crippen molar-refractivity contribution >= 4 is 23.5 Å². The lowest BCUT2D eigenvalue weighted by Gasteiger charge is -2.21. The van der Waals surface area contributed by atoms with E-state index in [9.17, 15) is 22.8 Å². The predicted octanol–water partition coefficient (Wildman–Crippen LogP) is 2.25. The van der Waals surface area contributed by atoms with Crippen LogP contribution in [0.1, 0.15) is 6.92 Å². The molecule has 0 radical (unpaired) electrons. The van der Waals surface area contributed by atoms with E-state index in [-0.39, 0.29) is 29.6 Å². The second-order valence-corrected chi connectivity index (χ2v) is 7.03. The molecule has 13 heteroatoms. The smallest absolute Gasteiger partial charge is 0.416 e. The van der Waals surface area contributed by atoms with Crippen LogP contribution in [-0.4, -0.2) is 53.0 Å². The van der Waals surface area contributed by atoms with Crippen molar-refractivity contribution in [2.75, 3.05) is 23.4 Å². The molecule has 2 aliphatic heterocycles. The van der Waals surface area contributed by atoms with E-state index in [1.165, 1.54) is 6.07 Å². The third-order valence-electron chi connectivity index (χ3n) is 4.97. The summed E-state index contributed by atoms with van der Waals surface area (Å²) < 4.78 is 66.1. The number of cyclic esters (lactones) is 1. The number of amides is 2. The van der Waals surface area contributed by atoms with Crippen LogP contribution < -0.4 is 20.7 Å². The lowest BCUT2D eigenvalue weighted by molar-refractivity contribution is -0.147. The number of fused-ring (bicyclic) bond motifs is 3. The number of hydrogen-bond donors (Lipinski definition) is 2. The maximum atomic E-state index is 15.1. The second-order valence-electron chi connectivity index (χ2n) is 7.03. The van der Waals surface area contributed by atoms with Crippen LogP contribution >= 0.6 is 0 Å². The number of imidazole rings is 1. The summed E-state index contributed by atoms with van der Waals surface area (Å²) in [4.78, 5) is 27.4. The fourth-order valence-electron chi connectivity index (χ4n) is 3.36. The number of nitrogens with two attached hydrogens (primary N) is 1. The number of ether oxygens (including phenoxy) is 2. The molecular formula is C18H17F4N5O4.